The fourth-order valence-corrected chi connectivity index (χ4v) is 1.93. The first kappa shape index (κ1) is 12.0. The van der Waals surface area contributed by atoms with E-state index in [4.69, 9.17) is 9.84 Å². The second-order valence-electron chi connectivity index (χ2n) is 4.02. The van der Waals surface area contributed by atoms with E-state index in [1.807, 2.05) is 6.92 Å². The van der Waals surface area contributed by atoms with E-state index in [2.05, 4.69) is 4.90 Å². The summed E-state index contributed by atoms with van der Waals surface area (Å²) < 4.78 is 5.30. The van der Waals surface area contributed by atoms with Gasteiger partial charge in [-0.2, -0.15) is 0 Å². The summed E-state index contributed by atoms with van der Waals surface area (Å²) in [7, 11) is 0. The van der Waals surface area contributed by atoms with E-state index in [9.17, 15) is 0 Å². The third-order valence-corrected chi connectivity index (χ3v) is 2.93. The van der Waals surface area contributed by atoms with Gasteiger partial charge in [-0.3, -0.25) is 0 Å². The highest BCUT2D eigenvalue weighted by Gasteiger charge is 2.17. The lowest BCUT2D eigenvalue weighted by atomic mass is 9.98. The molecule has 1 aliphatic heterocycles. The maximum Gasteiger partial charge on any atom is 0.0478 e. The number of nitrogens with zero attached hydrogens (tertiary/aromatic N) is 1. The molecule has 0 aromatic carbocycles. The monoisotopic (exact) mass is 201 g/mol. The Balaban J connectivity index is 1.98. The van der Waals surface area contributed by atoms with Crippen molar-refractivity contribution in [3.8, 4) is 0 Å². The van der Waals surface area contributed by atoms with Gasteiger partial charge < -0.3 is 14.7 Å². The number of likely N-dealkylation sites (tertiary alicyclic amines) is 1. The minimum atomic E-state index is 0.368. The molecule has 1 aliphatic rings. The van der Waals surface area contributed by atoms with Crippen LogP contribution in [0, 0.1) is 5.92 Å². The molecule has 0 saturated carbocycles. The average molecular weight is 201 g/mol. The van der Waals surface area contributed by atoms with Gasteiger partial charge >= 0.3 is 0 Å². The zero-order valence-corrected chi connectivity index (χ0v) is 9.24. The summed E-state index contributed by atoms with van der Waals surface area (Å²) in [5.41, 5.74) is 0. The molecule has 0 aliphatic carbocycles. The van der Waals surface area contributed by atoms with E-state index >= 15 is 0 Å². The molecule has 3 heteroatoms. The predicted molar refractivity (Wildman–Crippen MR) is 57.4 cm³/mol. The van der Waals surface area contributed by atoms with Gasteiger partial charge in [-0.15, -0.1) is 0 Å². The van der Waals surface area contributed by atoms with Gasteiger partial charge in [0, 0.05) is 26.4 Å². The van der Waals surface area contributed by atoms with Gasteiger partial charge in [0.05, 0.1) is 0 Å². The lowest BCUT2D eigenvalue weighted by molar-refractivity contribution is 0.106. The first-order chi connectivity index (χ1) is 6.86. The third kappa shape index (κ3) is 4.40. The summed E-state index contributed by atoms with van der Waals surface area (Å²) in [6.45, 7) is 7.56. The highest BCUT2D eigenvalue weighted by Crippen LogP contribution is 2.16. The summed E-state index contributed by atoms with van der Waals surface area (Å²) in [5, 5.41) is 8.98. The number of aliphatic hydroxyl groups is 1. The van der Waals surface area contributed by atoms with E-state index in [0.717, 1.165) is 52.1 Å². The van der Waals surface area contributed by atoms with Crippen LogP contribution in [0.2, 0.25) is 0 Å². The molecular weight excluding hydrogens is 178 g/mol. The van der Waals surface area contributed by atoms with Crippen molar-refractivity contribution < 1.29 is 9.84 Å². The summed E-state index contributed by atoms with van der Waals surface area (Å²) in [5.74, 6) is 0.554. The van der Waals surface area contributed by atoms with E-state index in [1.165, 1.54) is 0 Å². The van der Waals surface area contributed by atoms with Crippen LogP contribution in [0.5, 0.6) is 0 Å². The molecule has 1 fully saturated rings. The molecular formula is C11H23NO2. The van der Waals surface area contributed by atoms with Crippen molar-refractivity contribution in [1.82, 2.24) is 4.90 Å². The summed E-state index contributed by atoms with van der Waals surface area (Å²) in [6, 6.07) is 0. The highest BCUT2D eigenvalue weighted by molar-refractivity contribution is 4.71. The van der Waals surface area contributed by atoms with Gasteiger partial charge in [0.25, 0.3) is 0 Å². The maximum atomic E-state index is 8.98. The Labute approximate surface area is 87.1 Å². The molecule has 14 heavy (non-hydrogen) atoms. The summed E-state index contributed by atoms with van der Waals surface area (Å²) in [4.78, 5) is 2.48. The van der Waals surface area contributed by atoms with Crippen molar-refractivity contribution >= 4 is 0 Å². The minimum Gasteiger partial charge on any atom is -0.396 e. The molecule has 3 nitrogen and oxygen atoms in total. The lowest BCUT2D eigenvalue weighted by Crippen LogP contribution is -2.35. The van der Waals surface area contributed by atoms with Crippen LogP contribution in [0.3, 0.4) is 0 Å². The van der Waals surface area contributed by atoms with Crippen LogP contribution in [-0.2, 0) is 4.74 Å². The molecule has 1 N–H and O–H groups in total. The van der Waals surface area contributed by atoms with Crippen LogP contribution < -0.4 is 0 Å². The molecule has 84 valence electrons. The first-order valence-electron chi connectivity index (χ1n) is 5.77. The van der Waals surface area contributed by atoms with Crippen molar-refractivity contribution in [3.05, 3.63) is 0 Å². The molecule has 0 spiro atoms. The van der Waals surface area contributed by atoms with Crippen LogP contribution in [0.25, 0.3) is 0 Å². The predicted octanol–water partition coefficient (Wildman–Crippen LogP) is 1.12. The fraction of sp³-hybridized carbons (Fsp3) is 1.00. The van der Waals surface area contributed by atoms with Crippen molar-refractivity contribution in [2.75, 3.05) is 39.5 Å². The molecule has 0 aromatic rings. The number of hydrogen-bond donors (Lipinski definition) is 1. The Kier molecular flexibility index (Phi) is 6.15. The number of piperidine rings is 1. The van der Waals surface area contributed by atoms with Crippen molar-refractivity contribution in [3.63, 3.8) is 0 Å². The van der Waals surface area contributed by atoms with Gasteiger partial charge in [0.15, 0.2) is 0 Å². The third-order valence-electron chi connectivity index (χ3n) is 2.93. The molecule has 0 atom stereocenters. The quantitative estimate of drug-likeness (QED) is 0.654. The Morgan fingerprint density at radius 2 is 2.07 bits per heavy atom. The molecule has 0 aromatic heterocycles. The minimum absolute atomic E-state index is 0.368. The zero-order valence-electron chi connectivity index (χ0n) is 9.24. The van der Waals surface area contributed by atoms with Gasteiger partial charge in [0.2, 0.25) is 0 Å². The topological polar surface area (TPSA) is 32.7 Å². The van der Waals surface area contributed by atoms with Gasteiger partial charge in [-0.1, -0.05) is 0 Å². The maximum absolute atomic E-state index is 8.98. The molecule has 0 radical (unpaired) electrons. The fourth-order valence-electron chi connectivity index (χ4n) is 1.93. The van der Waals surface area contributed by atoms with Crippen LogP contribution in [0.4, 0.5) is 0 Å². The van der Waals surface area contributed by atoms with E-state index in [1.54, 1.807) is 0 Å². The SMILES string of the molecule is CCOCCCN1CCC(CO)CC1. The van der Waals surface area contributed by atoms with Crippen LogP contribution in [-0.4, -0.2) is 49.5 Å². The van der Waals surface area contributed by atoms with Gasteiger partial charge in [-0.05, 0) is 45.2 Å². The molecule has 0 bridgehead atoms. The van der Waals surface area contributed by atoms with Crippen molar-refractivity contribution in [2.24, 2.45) is 5.92 Å². The largest absolute Gasteiger partial charge is 0.396 e. The smallest absolute Gasteiger partial charge is 0.0478 e. The number of ether oxygens (including phenoxy) is 1. The Morgan fingerprint density at radius 1 is 1.36 bits per heavy atom. The van der Waals surface area contributed by atoms with Crippen LogP contribution in [0.15, 0.2) is 0 Å². The molecule has 1 heterocycles. The summed E-state index contributed by atoms with van der Waals surface area (Å²) in [6.07, 6.45) is 3.45. The Hall–Kier alpha value is -0.120. The molecule has 0 unspecified atom stereocenters. The van der Waals surface area contributed by atoms with Crippen LogP contribution >= 0.6 is 0 Å². The Morgan fingerprint density at radius 3 is 2.64 bits per heavy atom. The Bertz CT molecular complexity index is 133. The summed E-state index contributed by atoms with van der Waals surface area (Å²) >= 11 is 0. The highest BCUT2D eigenvalue weighted by atomic mass is 16.5. The second-order valence-corrected chi connectivity index (χ2v) is 4.02. The van der Waals surface area contributed by atoms with Gasteiger partial charge in [0.1, 0.15) is 0 Å². The second kappa shape index (κ2) is 7.21. The number of aliphatic hydroxyl groups excluding tert-OH is 1. The van der Waals surface area contributed by atoms with Crippen LogP contribution in [0.1, 0.15) is 26.2 Å². The van der Waals surface area contributed by atoms with E-state index in [0.29, 0.717) is 12.5 Å². The molecule has 1 rings (SSSR count). The standard InChI is InChI=1S/C11H23NO2/c1-2-14-9-3-6-12-7-4-11(10-13)5-8-12/h11,13H,2-10H2,1H3. The van der Waals surface area contributed by atoms with E-state index < -0.39 is 0 Å². The van der Waals surface area contributed by atoms with Crippen molar-refractivity contribution in [2.45, 2.75) is 26.2 Å². The number of rotatable bonds is 6. The lowest BCUT2D eigenvalue weighted by Gasteiger charge is -2.30. The first-order valence-corrected chi connectivity index (χ1v) is 5.77. The average Bonchev–Trinajstić information content (AvgIpc) is 2.25. The molecule has 0 amide bonds. The normalized spacial score (nSPS) is 20.1. The van der Waals surface area contributed by atoms with Crippen molar-refractivity contribution in [1.29, 1.82) is 0 Å². The van der Waals surface area contributed by atoms with E-state index in [-0.39, 0.29) is 0 Å². The number of hydrogen-bond acceptors (Lipinski definition) is 3. The zero-order chi connectivity index (χ0) is 10.2. The van der Waals surface area contributed by atoms with Gasteiger partial charge in [-0.25, -0.2) is 0 Å². The molecule has 1 saturated heterocycles.